The molecule has 2 unspecified atom stereocenters. The minimum atomic E-state index is 0.456. The Morgan fingerprint density at radius 2 is 2.16 bits per heavy atom. The highest BCUT2D eigenvalue weighted by Gasteiger charge is 2.24. The Balaban J connectivity index is 2.13. The molecular weight excluding hydrogens is 278 g/mol. The minimum Gasteiger partial charge on any atom is -0.329 e. The van der Waals surface area contributed by atoms with E-state index in [1.54, 1.807) is 6.20 Å². The van der Waals surface area contributed by atoms with Crippen LogP contribution in [-0.4, -0.2) is 14.5 Å². The van der Waals surface area contributed by atoms with Gasteiger partial charge in [-0.3, -0.25) is 4.57 Å². The summed E-state index contributed by atoms with van der Waals surface area (Å²) < 4.78 is 2.97. The van der Waals surface area contributed by atoms with Crippen molar-refractivity contribution in [1.82, 2.24) is 14.5 Å². The Kier molecular flexibility index (Phi) is 3.63. The van der Waals surface area contributed by atoms with Crippen molar-refractivity contribution in [2.75, 3.05) is 0 Å². The minimum absolute atomic E-state index is 0.456. The molecule has 2 aromatic rings. The molecule has 1 N–H and O–H groups in total. The number of H-pyrrole nitrogens is 1. The van der Waals surface area contributed by atoms with Gasteiger partial charge in [0.25, 0.3) is 0 Å². The molecule has 102 valence electrons. The van der Waals surface area contributed by atoms with E-state index in [2.05, 4.69) is 21.5 Å². The fraction of sp³-hybridized carbons (Fsp3) is 0.571. The van der Waals surface area contributed by atoms with Crippen LogP contribution in [-0.2, 0) is 0 Å². The van der Waals surface area contributed by atoms with Gasteiger partial charge in [0.2, 0.25) is 0 Å². The highest BCUT2D eigenvalue weighted by molar-refractivity contribution is 7.71. The topological polar surface area (TPSA) is 33.6 Å². The summed E-state index contributed by atoms with van der Waals surface area (Å²) in [5.41, 5.74) is 1.88. The summed E-state index contributed by atoms with van der Waals surface area (Å²) in [6.45, 7) is 2.33. The van der Waals surface area contributed by atoms with Gasteiger partial charge in [-0.2, -0.15) is 0 Å². The van der Waals surface area contributed by atoms with E-state index in [-0.39, 0.29) is 0 Å². The summed E-state index contributed by atoms with van der Waals surface area (Å²) in [6.07, 6.45) is 8.09. The van der Waals surface area contributed by atoms with Crippen molar-refractivity contribution in [3.8, 4) is 0 Å². The molecule has 2 atom stereocenters. The van der Waals surface area contributed by atoms with Crippen LogP contribution in [0.5, 0.6) is 0 Å². The molecule has 5 heteroatoms. The molecule has 0 radical (unpaired) electrons. The molecule has 0 bridgehead atoms. The van der Waals surface area contributed by atoms with E-state index in [9.17, 15) is 0 Å². The summed E-state index contributed by atoms with van der Waals surface area (Å²) in [4.78, 5) is 7.71. The van der Waals surface area contributed by atoms with Crippen molar-refractivity contribution < 1.29 is 0 Å². The van der Waals surface area contributed by atoms with E-state index in [1.807, 2.05) is 6.07 Å². The molecule has 2 heterocycles. The fourth-order valence-corrected chi connectivity index (χ4v) is 3.64. The number of fused-ring (bicyclic) bond motifs is 1. The van der Waals surface area contributed by atoms with Crippen molar-refractivity contribution >= 4 is 35.0 Å². The lowest BCUT2D eigenvalue weighted by Gasteiger charge is -2.23. The lowest BCUT2D eigenvalue weighted by atomic mass is 9.97. The van der Waals surface area contributed by atoms with Gasteiger partial charge >= 0.3 is 0 Å². The number of nitrogens with zero attached hydrogens (tertiary/aromatic N) is 2. The van der Waals surface area contributed by atoms with Gasteiger partial charge in [-0.1, -0.05) is 37.8 Å². The van der Waals surface area contributed by atoms with Crippen LogP contribution in [0.1, 0.15) is 45.1 Å². The van der Waals surface area contributed by atoms with Crippen LogP contribution in [0.4, 0.5) is 0 Å². The summed E-state index contributed by atoms with van der Waals surface area (Å²) >= 11 is 11.5. The lowest BCUT2D eigenvalue weighted by Crippen LogP contribution is -2.16. The van der Waals surface area contributed by atoms with Gasteiger partial charge in [0, 0.05) is 12.2 Å². The number of rotatable bonds is 1. The van der Waals surface area contributed by atoms with Crippen LogP contribution in [0.3, 0.4) is 0 Å². The molecule has 0 amide bonds. The van der Waals surface area contributed by atoms with Crippen LogP contribution in [0.2, 0.25) is 5.02 Å². The van der Waals surface area contributed by atoms with E-state index in [4.69, 9.17) is 23.8 Å². The number of aromatic amines is 1. The second-order valence-corrected chi connectivity index (χ2v) is 6.33. The number of halogens is 1. The molecule has 0 spiro atoms. The molecule has 1 saturated carbocycles. The van der Waals surface area contributed by atoms with Crippen molar-refractivity contribution in [3.05, 3.63) is 22.1 Å². The Bertz CT molecular complexity index is 646. The van der Waals surface area contributed by atoms with Crippen LogP contribution in [0, 0.1) is 10.7 Å². The lowest BCUT2D eigenvalue weighted by molar-refractivity contribution is 0.336. The zero-order valence-electron chi connectivity index (χ0n) is 11.0. The Hall–Kier alpha value is -0.870. The first-order valence-electron chi connectivity index (χ1n) is 6.92. The van der Waals surface area contributed by atoms with Crippen molar-refractivity contribution in [3.63, 3.8) is 0 Å². The molecule has 0 saturated heterocycles. The second-order valence-electron chi connectivity index (χ2n) is 5.51. The predicted molar refractivity (Wildman–Crippen MR) is 81.2 cm³/mol. The summed E-state index contributed by atoms with van der Waals surface area (Å²) in [7, 11) is 0. The number of imidazole rings is 1. The van der Waals surface area contributed by atoms with E-state index in [1.165, 1.54) is 32.1 Å². The van der Waals surface area contributed by atoms with Crippen LogP contribution in [0.15, 0.2) is 12.3 Å². The molecule has 1 aliphatic rings. The fourth-order valence-electron chi connectivity index (χ4n) is 3.15. The average molecular weight is 296 g/mol. The van der Waals surface area contributed by atoms with Crippen LogP contribution in [0.25, 0.3) is 11.2 Å². The van der Waals surface area contributed by atoms with Crippen molar-refractivity contribution in [1.29, 1.82) is 0 Å². The Morgan fingerprint density at radius 3 is 3.00 bits per heavy atom. The first-order chi connectivity index (χ1) is 9.16. The number of hydrogen-bond donors (Lipinski definition) is 1. The summed E-state index contributed by atoms with van der Waals surface area (Å²) in [5, 5.41) is 0.643. The standard InChI is InChI=1S/C14H18ClN3S/c1-9-5-3-2-4-6-12(9)18-13-11(17-14(18)19)7-10(15)8-16-13/h7-9,12H,2-6H2,1H3,(H,17,19). The van der Waals surface area contributed by atoms with Gasteiger partial charge in [-0.15, -0.1) is 0 Å². The van der Waals surface area contributed by atoms with Gasteiger partial charge in [0.05, 0.1) is 10.5 Å². The second kappa shape index (κ2) is 5.25. The SMILES string of the molecule is CC1CCCCCC1n1c(=S)[nH]c2cc(Cl)cnc21. The van der Waals surface area contributed by atoms with Gasteiger partial charge in [0.1, 0.15) is 0 Å². The third-order valence-electron chi connectivity index (χ3n) is 4.17. The zero-order valence-corrected chi connectivity index (χ0v) is 12.6. The number of nitrogens with one attached hydrogen (secondary N) is 1. The van der Waals surface area contributed by atoms with Gasteiger partial charge in [-0.05, 0) is 37.0 Å². The summed E-state index contributed by atoms with van der Waals surface area (Å²) in [6, 6.07) is 2.36. The van der Waals surface area contributed by atoms with Crippen LogP contribution < -0.4 is 0 Å². The van der Waals surface area contributed by atoms with Crippen molar-refractivity contribution in [2.45, 2.75) is 45.1 Å². The number of hydrogen-bond acceptors (Lipinski definition) is 2. The third kappa shape index (κ3) is 2.43. The maximum atomic E-state index is 6.00. The van der Waals surface area contributed by atoms with E-state index < -0.39 is 0 Å². The molecule has 0 aromatic carbocycles. The van der Waals surface area contributed by atoms with Gasteiger partial charge < -0.3 is 4.98 Å². The molecule has 3 nitrogen and oxygen atoms in total. The molecular formula is C14H18ClN3S. The molecule has 1 fully saturated rings. The smallest absolute Gasteiger partial charge is 0.179 e. The Labute approximate surface area is 123 Å². The largest absolute Gasteiger partial charge is 0.329 e. The maximum Gasteiger partial charge on any atom is 0.179 e. The first-order valence-corrected chi connectivity index (χ1v) is 7.71. The number of pyridine rings is 1. The zero-order chi connectivity index (χ0) is 13.4. The van der Waals surface area contributed by atoms with Crippen LogP contribution >= 0.6 is 23.8 Å². The van der Waals surface area contributed by atoms with Crippen molar-refractivity contribution in [2.24, 2.45) is 5.92 Å². The van der Waals surface area contributed by atoms with E-state index in [0.29, 0.717) is 17.0 Å². The van der Waals surface area contributed by atoms with E-state index in [0.717, 1.165) is 15.9 Å². The van der Waals surface area contributed by atoms with E-state index >= 15 is 0 Å². The monoisotopic (exact) mass is 295 g/mol. The highest BCUT2D eigenvalue weighted by atomic mass is 35.5. The molecule has 0 aliphatic heterocycles. The van der Waals surface area contributed by atoms with Gasteiger partial charge in [-0.25, -0.2) is 4.98 Å². The quantitative estimate of drug-likeness (QED) is 0.600. The molecule has 1 aliphatic carbocycles. The Morgan fingerprint density at radius 1 is 1.37 bits per heavy atom. The summed E-state index contributed by atoms with van der Waals surface area (Å²) in [5.74, 6) is 0.644. The molecule has 19 heavy (non-hydrogen) atoms. The first kappa shape index (κ1) is 13.1. The maximum absolute atomic E-state index is 6.00. The molecule has 2 aromatic heterocycles. The number of aromatic nitrogens is 3. The molecule has 3 rings (SSSR count). The highest BCUT2D eigenvalue weighted by Crippen LogP contribution is 2.34. The average Bonchev–Trinajstić information content (AvgIpc) is 2.54. The third-order valence-corrected chi connectivity index (χ3v) is 4.68. The normalized spacial score (nSPS) is 24.5. The van der Waals surface area contributed by atoms with Gasteiger partial charge in [0.15, 0.2) is 10.4 Å². The predicted octanol–water partition coefficient (Wildman–Crippen LogP) is 4.89.